The van der Waals surface area contributed by atoms with E-state index in [4.69, 9.17) is 0 Å². The van der Waals surface area contributed by atoms with Gasteiger partial charge >= 0.3 is 0 Å². The van der Waals surface area contributed by atoms with Crippen LogP contribution in [0.4, 0.5) is 0 Å². The lowest BCUT2D eigenvalue weighted by atomic mass is 10.2. The fourth-order valence-electron chi connectivity index (χ4n) is 1.82. The van der Waals surface area contributed by atoms with Gasteiger partial charge in [0.1, 0.15) is 0 Å². The van der Waals surface area contributed by atoms with E-state index in [1.54, 1.807) is 0 Å². The van der Waals surface area contributed by atoms with Crippen LogP contribution < -0.4 is 5.32 Å². The van der Waals surface area contributed by atoms with Gasteiger partial charge < -0.3 is 10.3 Å². The first kappa shape index (κ1) is 11.0. The molecule has 0 fully saturated rings. The van der Waals surface area contributed by atoms with Gasteiger partial charge in [-0.1, -0.05) is 0 Å². The maximum absolute atomic E-state index is 4.27. The number of hydrogen-bond donors (Lipinski definition) is 2. The summed E-state index contributed by atoms with van der Waals surface area (Å²) in [4.78, 5) is 3.18. The first-order valence-electron chi connectivity index (χ1n) is 5.68. The minimum atomic E-state index is 0.311. The zero-order chi connectivity index (χ0) is 11.4. The second kappa shape index (κ2) is 4.99. The Morgan fingerprint density at radius 2 is 2.38 bits per heavy atom. The number of nitrogens with one attached hydrogen (secondary N) is 2. The molecule has 0 aromatic carbocycles. The quantitative estimate of drug-likeness (QED) is 0.807. The number of aryl methyl sites for hydroxylation is 1. The summed E-state index contributed by atoms with van der Waals surface area (Å²) < 4.78 is 2.02. The van der Waals surface area contributed by atoms with Crippen LogP contribution in [0.1, 0.15) is 31.3 Å². The Balaban J connectivity index is 1.95. The van der Waals surface area contributed by atoms with Crippen LogP contribution in [-0.4, -0.2) is 14.8 Å². The average molecular weight is 218 g/mol. The first-order chi connectivity index (χ1) is 7.81. The van der Waals surface area contributed by atoms with Gasteiger partial charge in [0.15, 0.2) is 0 Å². The van der Waals surface area contributed by atoms with Crippen LogP contribution in [-0.2, 0) is 13.1 Å². The smallest absolute Gasteiger partial charge is 0.0550 e. The molecule has 0 amide bonds. The van der Waals surface area contributed by atoms with E-state index < -0.39 is 0 Å². The van der Waals surface area contributed by atoms with Crippen molar-refractivity contribution in [3.63, 3.8) is 0 Å². The van der Waals surface area contributed by atoms with Gasteiger partial charge in [-0.05, 0) is 32.0 Å². The molecule has 2 heterocycles. The summed E-state index contributed by atoms with van der Waals surface area (Å²) in [5, 5.41) is 7.74. The lowest BCUT2D eigenvalue weighted by Gasteiger charge is -2.14. The van der Waals surface area contributed by atoms with Crippen molar-refractivity contribution in [3.05, 3.63) is 42.0 Å². The van der Waals surface area contributed by atoms with Crippen LogP contribution in [0.25, 0.3) is 0 Å². The standard InChI is InChI=1S/C12H18N4/c1-3-16-12(6-8-15-16)10(2)14-9-11-5-4-7-13-11/h4-8,10,13-14H,3,9H2,1-2H3. The van der Waals surface area contributed by atoms with Gasteiger partial charge in [0.2, 0.25) is 0 Å². The van der Waals surface area contributed by atoms with Gasteiger partial charge in [-0.25, -0.2) is 0 Å². The highest BCUT2D eigenvalue weighted by Crippen LogP contribution is 2.12. The molecule has 0 aliphatic rings. The normalized spacial score (nSPS) is 12.9. The molecular formula is C12H18N4. The Hall–Kier alpha value is -1.55. The molecule has 0 radical (unpaired) electrons. The van der Waals surface area contributed by atoms with Crippen LogP contribution in [0.2, 0.25) is 0 Å². The first-order valence-corrected chi connectivity index (χ1v) is 5.68. The maximum Gasteiger partial charge on any atom is 0.0550 e. The molecule has 4 nitrogen and oxygen atoms in total. The summed E-state index contributed by atoms with van der Waals surface area (Å²) in [5.74, 6) is 0. The summed E-state index contributed by atoms with van der Waals surface area (Å²) in [6.07, 6.45) is 3.80. The summed E-state index contributed by atoms with van der Waals surface area (Å²) >= 11 is 0. The molecule has 2 aromatic heterocycles. The van der Waals surface area contributed by atoms with Crippen molar-refractivity contribution in [1.29, 1.82) is 0 Å². The maximum atomic E-state index is 4.27. The molecule has 16 heavy (non-hydrogen) atoms. The third kappa shape index (κ3) is 2.33. The molecule has 4 heteroatoms. The van der Waals surface area contributed by atoms with E-state index in [-0.39, 0.29) is 0 Å². The lowest BCUT2D eigenvalue weighted by molar-refractivity contribution is 0.506. The van der Waals surface area contributed by atoms with Gasteiger partial charge in [-0.2, -0.15) is 5.10 Å². The summed E-state index contributed by atoms with van der Waals surface area (Å²) in [7, 11) is 0. The second-order valence-electron chi connectivity index (χ2n) is 3.87. The lowest BCUT2D eigenvalue weighted by Crippen LogP contribution is -2.21. The monoisotopic (exact) mass is 218 g/mol. The molecule has 2 aromatic rings. The fraction of sp³-hybridized carbons (Fsp3) is 0.417. The Kier molecular flexibility index (Phi) is 3.41. The fourth-order valence-corrected chi connectivity index (χ4v) is 1.82. The molecular weight excluding hydrogens is 200 g/mol. The molecule has 2 rings (SSSR count). The molecule has 0 saturated heterocycles. The zero-order valence-electron chi connectivity index (χ0n) is 9.77. The largest absolute Gasteiger partial charge is 0.364 e. The Labute approximate surface area is 95.7 Å². The van der Waals surface area contributed by atoms with Crippen molar-refractivity contribution in [2.75, 3.05) is 0 Å². The Bertz CT molecular complexity index is 416. The Morgan fingerprint density at radius 1 is 1.50 bits per heavy atom. The van der Waals surface area contributed by atoms with E-state index in [1.807, 2.05) is 23.1 Å². The van der Waals surface area contributed by atoms with Crippen LogP contribution in [0.15, 0.2) is 30.6 Å². The summed E-state index contributed by atoms with van der Waals surface area (Å²) in [6.45, 7) is 6.03. The molecule has 0 aliphatic carbocycles. The van der Waals surface area contributed by atoms with Crippen molar-refractivity contribution in [1.82, 2.24) is 20.1 Å². The van der Waals surface area contributed by atoms with Gasteiger partial charge in [-0.3, -0.25) is 4.68 Å². The molecule has 1 atom stereocenters. The van der Waals surface area contributed by atoms with E-state index in [1.165, 1.54) is 11.4 Å². The minimum Gasteiger partial charge on any atom is -0.364 e. The topological polar surface area (TPSA) is 45.6 Å². The molecule has 0 saturated carbocycles. The number of rotatable bonds is 5. The zero-order valence-corrected chi connectivity index (χ0v) is 9.77. The number of aromatic nitrogens is 3. The van der Waals surface area contributed by atoms with Crippen molar-refractivity contribution in [2.24, 2.45) is 0 Å². The third-order valence-electron chi connectivity index (χ3n) is 2.75. The number of aromatic amines is 1. The van der Waals surface area contributed by atoms with Crippen molar-refractivity contribution < 1.29 is 0 Å². The SMILES string of the molecule is CCn1nccc1C(C)NCc1ccc[nH]1. The van der Waals surface area contributed by atoms with Crippen LogP contribution in [0, 0.1) is 0 Å². The van der Waals surface area contributed by atoms with Gasteiger partial charge in [0.05, 0.1) is 5.69 Å². The van der Waals surface area contributed by atoms with E-state index in [0.717, 1.165) is 13.1 Å². The Morgan fingerprint density at radius 3 is 3.06 bits per heavy atom. The number of H-pyrrole nitrogens is 1. The average Bonchev–Trinajstić information content (AvgIpc) is 2.96. The minimum absolute atomic E-state index is 0.311. The van der Waals surface area contributed by atoms with Crippen molar-refractivity contribution >= 4 is 0 Å². The van der Waals surface area contributed by atoms with Gasteiger partial charge in [0, 0.05) is 37.2 Å². The van der Waals surface area contributed by atoms with E-state index in [0.29, 0.717) is 6.04 Å². The van der Waals surface area contributed by atoms with Crippen LogP contribution in [0.3, 0.4) is 0 Å². The third-order valence-corrected chi connectivity index (χ3v) is 2.75. The highest BCUT2D eigenvalue weighted by Gasteiger charge is 2.09. The predicted molar refractivity (Wildman–Crippen MR) is 63.9 cm³/mol. The van der Waals surface area contributed by atoms with Gasteiger partial charge in [0.25, 0.3) is 0 Å². The second-order valence-corrected chi connectivity index (χ2v) is 3.87. The molecule has 86 valence electrons. The summed E-state index contributed by atoms with van der Waals surface area (Å²) in [6, 6.07) is 6.47. The van der Waals surface area contributed by atoms with E-state index in [9.17, 15) is 0 Å². The molecule has 0 aliphatic heterocycles. The van der Waals surface area contributed by atoms with E-state index >= 15 is 0 Å². The highest BCUT2D eigenvalue weighted by atomic mass is 15.3. The molecule has 0 bridgehead atoms. The highest BCUT2D eigenvalue weighted by molar-refractivity contribution is 5.08. The van der Waals surface area contributed by atoms with E-state index in [2.05, 4.69) is 41.4 Å². The molecule has 0 spiro atoms. The summed E-state index contributed by atoms with van der Waals surface area (Å²) in [5.41, 5.74) is 2.43. The predicted octanol–water partition coefficient (Wildman–Crippen LogP) is 2.08. The van der Waals surface area contributed by atoms with Gasteiger partial charge in [-0.15, -0.1) is 0 Å². The number of hydrogen-bond acceptors (Lipinski definition) is 2. The molecule has 2 N–H and O–H groups in total. The van der Waals surface area contributed by atoms with Crippen molar-refractivity contribution in [3.8, 4) is 0 Å². The number of nitrogens with zero attached hydrogens (tertiary/aromatic N) is 2. The molecule has 1 unspecified atom stereocenters. The van der Waals surface area contributed by atoms with Crippen LogP contribution in [0.5, 0.6) is 0 Å². The van der Waals surface area contributed by atoms with Crippen molar-refractivity contribution in [2.45, 2.75) is 33.0 Å². The van der Waals surface area contributed by atoms with Crippen LogP contribution >= 0.6 is 0 Å².